The van der Waals surface area contributed by atoms with Gasteiger partial charge in [0.05, 0.1) is 5.56 Å². The number of likely N-dealkylation sites (N-methyl/N-ethyl adjacent to an activating group) is 2. The first-order chi connectivity index (χ1) is 9.54. The molecule has 1 fully saturated rings. The monoisotopic (exact) mass is 292 g/mol. The molecule has 0 radical (unpaired) electrons. The van der Waals surface area contributed by atoms with Crippen molar-refractivity contribution in [1.29, 1.82) is 5.41 Å². The second kappa shape index (κ2) is 6.50. The summed E-state index contributed by atoms with van der Waals surface area (Å²) in [6.45, 7) is 2.24. The molecule has 0 aliphatic carbocycles. The van der Waals surface area contributed by atoms with Crippen molar-refractivity contribution in [1.82, 2.24) is 4.90 Å². The van der Waals surface area contributed by atoms with Gasteiger partial charge in [-0.3, -0.25) is 5.41 Å². The maximum absolute atomic E-state index is 7.89. The van der Waals surface area contributed by atoms with Gasteiger partial charge < -0.3 is 15.5 Å². The number of nitrogens with two attached hydrogens (primary N) is 1. The molecular formula is C15H24N4S. The van der Waals surface area contributed by atoms with Crippen molar-refractivity contribution in [3.63, 3.8) is 0 Å². The van der Waals surface area contributed by atoms with Gasteiger partial charge in [0.1, 0.15) is 5.84 Å². The number of rotatable bonds is 4. The molecule has 1 heterocycles. The maximum atomic E-state index is 7.89. The van der Waals surface area contributed by atoms with Crippen molar-refractivity contribution in [3.05, 3.63) is 23.8 Å². The van der Waals surface area contributed by atoms with Gasteiger partial charge in [-0.25, -0.2) is 0 Å². The van der Waals surface area contributed by atoms with Crippen LogP contribution in [0.3, 0.4) is 0 Å². The molecule has 1 aromatic rings. The van der Waals surface area contributed by atoms with Crippen molar-refractivity contribution < 1.29 is 0 Å². The molecule has 0 spiro atoms. The number of hydrogen-bond acceptors (Lipinski definition) is 4. The van der Waals surface area contributed by atoms with Gasteiger partial charge in [0.15, 0.2) is 0 Å². The lowest BCUT2D eigenvalue weighted by atomic mass is 10.0. The minimum Gasteiger partial charge on any atom is -0.384 e. The first-order valence-corrected chi connectivity index (χ1v) is 8.19. The molecule has 1 aliphatic rings. The van der Waals surface area contributed by atoms with E-state index in [-0.39, 0.29) is 5.84 Å². The Labute approximate surface area is 125 Å². The van der Waals surface area contributed by atoms with Gasteiger partial charge in [0.2, 0.25) is 0 Å². The quantitative estimate of drug-likeness (QED) is 0.507. The number of likely N-dealkylation sites (tertiary alicyclic amines) is 1. The van der Waals surface area contributed by atoms with Crippen LogP contribution >= 0.6 is 11.8 Å². The van der Waals surface area contributed by atoms with E-state index < -0.39 is 0 Å². The summed E-state index contributed by atoms with van der Waals surface area (Å²) in [6, 6.07) is 6.65. The minimum absolute atomic E-state index is 0.154. The molecule has 0 bridgehead atoms. The van der Waals surface area contributed by atoms with Crippen molar-refractivity contribution in [2.24, 2.45) is 5.73 Å². The van der Waals surface area contributed by atoms with Gasteiger partial charge in [0.25, 0.3) is 0 Å². The van der Waals surface area contributed by atoms with Gasteiger partial charge >= 0.3 is 0 Å². The highest BCUT2D eigenvalue weighted by Crippen LogP contribution is 2.31. The largest absolute Gasteiger partial charge is 0.384 e. The Kier molecular flexibility index (Phi) is 4.94. The predicted molar refractivity (Wildman–Crippen MR) is 88.2 cm³/mol. The Morgan fingerprint density at radius 3 is 2.85 bits per heavy atom. The highest BCUT2D eigenvalue weighted by Gasteiger charge is 2.24. The molecule has 1 aromatic carbocycles. The number of nitrogens with one attached hydrogen (secondary N) is 1. The summed E-state index contributed by atoms with van der Waals surface area (Å²) in [5.74, 6) is 0.154. The van der Waals surface area contributed by atoms with Gasteiger partial charge in [-0.2, -0.15) is 0 Å². The van der Waals surface area contributed by atoms with Gasteiger partial charge in [0, 0.05) is 30.2 Å². The number of hydrogen-bond donors (Lipinski definition) is 2. The van der Waals surface area contributed by atoms with Crippen LogP contribution in [0.1, 0.15) is 18.4 Å². The fourth-order valence-corrected chi connectivity index (χ4v) is 3.54. The van der Waals surface area contributed by atoms with Crippen LogP contribution in [0.15, 0.2) is 23.1 Å². The van der Waals surface area contributed by atoms with Gasteiger partial charge in [-0.05, 0) is 44.8 Å². The zero-order valence-corrected chi connectivity index (χ0v) is 13.3. The molecule has 1 aliphatic heterocycles. The molecule has 4 nitrogen and oxygen atoms in total. The molecule has 0 amide bonds. The molecule has 5 heteroatoms. The van der Waals surface area contributed by atoms with Crippen molar-refractivity contribution >= 4 is 23.3 Å². The van der Waals surface area contributed by atoms with Crippen LogP contribution in [-0.4, -0.2) is 50.2 Å². The van der Waals surface area contributed by atoms with E-state index in [9.17, 15) is 0 Å². The smallest absolute Gasteiger partial charge is 0.126 e. The zero-order valence-electron chi connectivity index (χ0n) is 12.5. The highest BCUT2D eigenvalue weighted by molar-refractivity contribution is 7.98. The van der Waals surface area contributed by atoms with Crippen LogP contribution in [0.4, 0.5) is 5.69 Å². The number of thioether (sulfide) groups is 1. The van der Waals surface area contributed by atoms with E-state index >= 15 is 0 Å². The van der Waals surface area contributed by atoms with E-state index in [1.165, 1.54) is 19.4 Å². The fourth-order valence-electron chi connectivity index (χ4n) is 2.91. The first-order valence-electron chi connectivity index (χ1n) is 6.97. The molecule has 1 atom stereocenters. The predicted octanol–water partition coefficient (Wildman–Crippen LogP) is 2.22. The molecule has 2 rings (SSSR count). The van der Waals surface area contributed by atoms with E-state index in [0.29, 0.717) is 6.04 Å². The Hall–Kier alpha value is -1.20. The SMILES string of the molecule is CSc1cccc(N(C)C2CCCN(C)C2)c1C(=N)N. The third-order valence-corrected chi connectivity index (χ3v) is 4.80. The molecule has 110 valence electrons. The fraction of sp³-hybridized carbons (Fsp3) is 0.533. The Morgan fingerprint density at radius 1 is 1.50 bits per heavy atom. The molecule has 1 saturated heterocycles. The third kappa shape index (κ3) is 3.10. The molecule has 0 aromatic heterocycles. The summed E-state index contributed by atoms with van der Waals surface area (Å²) in [5, 5.41) is 7.89. The zero-order chi connectivity index (χ0) is 14.7. The topological polar surface area (TPSA) is 56.4 Å². The Morgan fingerprint density at radius 2 is 2.25 bits per heavy atom. The molecule has 3 N–H and O–H groups in total. The second-order valence-electron chi connectivity index (χ2n) is 5.44. The number of benzene rings is 1. The first kappa shape index (κ1) is 15.2. The summed E-state index contributed by atoms with van der Waals surface area (Å²) in [6.07, 6.45) is 4.45. The summed E-state index contributed by atoms with van der Waals surface area (Å²) in [5.41, 5.74) is 7.76. The normalized spacial score (nSPS) is 19.9. The van der Waals surface area contributed by atoms with Crippen molar-refractivity contribution in [3.8, 4) is 0 Å². The molecule has 1 unspecified atom stereocenters. The van der Waals surface area contributed by atoms with E-state index in [0.717, 1.165) is 22.7 Å². The number of anilines is 1. The minimum atomic E-state index is 0.154. The summed E-state index contributed by atoms with van der Waals surface area (Å²) in [4.78, 5) is 5.74. The summed E-state index contributed by atoms with van der Waals surface area (Å²) >= 11 is 1.64. The van der Waals surface area contributed by atoms with Gasteiger partial charge in [-0.1, -0.05) is 6.07 Å². The second-order valence-corrected chi connectivity index (χ2v) is 6.29. The van der Waals surface area contributed by atoms with E-state index in [2.05, 4.69) is 36.0 Å². The summed E-state index contributed by atoms with van der Waals surface area (Å²) in [7, 11) is 4.29. The number of nitrogens with zero attached hydrogens (tertiary/aromatic N) is 2. The third-order valence-electron chi connectivity index (χ3n) is 4.02. The van der Waals surface area contributed by atoms with E-state index in [1.54, 1.807) is 11.8 Å². The summed E-state index contributed by atoms with van der Waals surface area (Å²) < 4.78 is 0. The molecule has 20 heavy (non-hydrogen) atoms. The number of piperidine rings is 1. The number of amidine groups is 1. The van der Waals surface area contributed by atoms with E-state index in [1.807, 2.05) is 12.3 Å². The van der Waals surface area contributed by atoms with Crippen molar-refractivity contribution in [2.75, 3.05) is 38.3 Å². The maximum Gasteiger partial charge on any atom is 0.126 e. The standard InChI is InChI=1S/C15H24N4S/c1-18-9-5-6-11(10-18)19(2)12-7-4-8-13(20-3)14(12)15(16)17/h4,7-8,11H,5-6,9-10H2,1-3H3,(H3,16,17). The lowest BCUT2D eigenvalue weighted by Crippen LogP contribution is -2.45. The van der Waals surface area contributed by atoms with Crippen LogP contribution < -0.4 is 10.6 Å². The lowest BCUT2D eigenvalue weighted by Gasteiger charge is -2.38. The highest BCUT2D eigenvalue weighted by atomic mass is 32.2. The van der Waals surface area contributed by atoms with E-state index in [4.69, 9.17) is 11.1 Å². The lowest BCUT2D eigenvalue weighted by molar-refractivity contribution is 0.248. The van der Waals surface area contributed by atoms with Crippen LogP contribution in [0, 0.1) is 5.41 Å². The van der Waals surface area contributed by atoms with Crippen LogP contribution in [0.2, 0.25) is 0 Å². The molecule has 0 saturated carbocycles. The van der Waals surface area contributed by atoms with Crippen LogP contribution in [-0.2, 0) is 0 Å². The Balaban J connectivity index is 2.33. The van der Waals surface area contributed by atoms with Crippen LogP contribution in [0.5, 0.6) is 0 Å². The average molecular weight is 292 g/mol. The number of nitrogen functional groups attached to an aromatic ring is 1. The van der Waals surface area contributed by atoms with Crippen LogP contribution in [0.25, 0.3) is 0 Å². The average Bonchev–Trinajstić information content (AvgIpc) is 2.45. The molecular weight excluding hydrogens is 268 g/mol. The van der Waals surface area contributed by atoms with Crippen molar-refractivity contribution in [2.45, 2.75) is 23.8 Å². The van der Waals surface area contributed by atoms with Gasteiger partial charge in [-0.15, -0.1) is 11.8 Å². The Bertz CT molecular complexity index is 489.